The van der Waals surface area contributed by atoms with E-state index in [9.17, 15) is 9.18 Å². The lowest BCUT2D eigenvalue weighted by molar-refractivity contribution is -0.116. The van der Waals surface area contributed by atoms with Gasteiger partial charge in [0.1, 0.15) is 10.8 Å². The highest BCUT2D eigenvalue weighted by molar-refractivity contribution is 7.18. The summed E-state index contributed by atoms with van der Waals surface area (Å²) in [5.41, 5.74) is 6.25. The van der Waals surface area contributed by atoms with E-state index in [1.807, 2.05) is 6.92 Å². The quantitative estimate of drug-likeness (QED) is 0.830. The number of carbonyl (C=O) groups excluding carboxylic acids is 1. The highest BCUT2D eigenvalue weighted by Gasteiger charge is 2.10. The Bertz CT molecular complexity index is 614. The standard InChI is InChI=1S/C13H15FN4OS/c1-2-3-4-11(19)16-13-18-17-12(20-13)8-5-6-9(14)10(15)7-8/h5-7H,2-4,15H2,1H3,(H,16,18,19). The number of nitrogen functional groups attached to an aromatic ring is 1. The van der Waals surface area contributed by atoms with Crippen LogP contribution in [0.1, 0.15) is 26.2 Å². The van der Waals surface area contributed by atoms with Gasteiger partial charge in [0.2, 0.25) is 11.0 Å². The van der Waals surface area contributed by atoms with Gasteiger partial charge < -0.3 is 11.1 Å². The van der Waals surface area contributed by atoms with Crippen LogP contribution in [0.15, 0.2) is 18.2 Å². The van der Waals surface area contributed by atoms with E-state index in [0.29, 0.717) is 22.1 Å². The van der Waals surface area contributed by atoms with E-state index in [1.165, 1.54) is 23.5 Å². The number of aromatic nitrogens is 2. The van der Waals surface area contributed by atoms with Gasteiger partial charge in [-0.15, -0.1) is 10.2 Å². The number of anilines is 2. The fraction of sp³-hybridized carbons (Fsp3) is 0.308. The van der Waals surface area contributed by atoms with Crippen LogP contribution >= 0.6 is 11.3 Å². The maximum Gasteiger partial charge on any atom is 0.226 e. The summed E-state index contributed by atoms with van der Waals surface area (Å²) in [6, 6.07) is 4.36. The highest BCUT2D eigenvalue weighted by Crippen LogP contribution is 2.28. The summed E-state index contributed by atoms with van der Waals surface area (Å²) in [7, 11) is 0. The minimum Gasteiger partial charge on any atom is -0.396 e. The number of amides is 1. The van der Waals surface area contributed by atoms with Crippen LogP contribution in [-0.2, 0) is 4.79 Å². The molecule has 0 saturated carbocycles. The van der Waals surface area contributed by atoms with Gasteiger partial charge in [-0.3, -0.25) is 4.79 Å². The number of unbranched alkanes of at least 4 members (excludes halogenated alkanes) is 1. The van der Waals surface area contributed by atoms with Crippen molar-refractivity contribution < 1.29 is 9.18 Å². The fourth-order valence-electron chi connectivity index (χ4n) is 1.59. The summed E-state index contributed by atoms with van der Waals surface area (Å²) < 4.78 is 13.1. The lowest BCUT2D eigenvalue weighted by Crippen LogP contribution is -2.10. The van der Waals surface area contributed by atoms with Crippen molar-refractivity contribution in [3.8, 4) is 10.6 Å². The summed E-state index contributed by atoms with van der Waals surface area (Å²) in [6.07, 6.45) is 2.27. The Morgan fingerprint density at radius 3 is 2.95 bits per heavy atom. The molecule has 1 aromatic carbocycles. The van der Waals surface area contributed by atoms with Gasteiger partial charge in [0.15, 0.2) is 0 Å². The Hall–Kier alpha value is -2.02. The van der Waals surface area contributed by atoms with Gasteiger partial charge in [0.25, 0.3) is 0 Å². The third-order valence-corrected chi connectivity index (χ3v) is 3.56. The van der Waals surface area contributed by atoms with Crippen LogP contribution in [0, 0.1) is 5.82 Å². The van der Waals surface area contributed by atoms with Gasteiger partial charge in [-0.1, -0.05) is 24.7 Å². The second-order valence-corrected chi connectivity index (χ2v) is 5.28. The Labute approximate surface area is 120 Å². The van der Waals surface area contributed by atoms with Crippen LogP contribution in [0.4, 0.5) is 15.2 Å². The molecule has 0 aliphatic heterocycles. The minimum atomic E-state index is -0.466. The number of hydrogen-bond acceptors (Lipinski definition) is 5. The summed E-state index contributed by atoms with van der Waals surface area (Å²) in [6.45, 7) is 2.02. The Kier molecular flexibility index (Phi) is 4.62. The van der Waals surface area contributed by atoms with Gasteiger partial charge in [0.05, 0.1) is 5.69 Å². The average molecular weight is 294 g/mol. The smallest absolute Gasteiger partial charge is 0.226 e. The predicted molar refractivity (Wildman–Crippen MR) is 77.9 cm³/mol. The van der Waals surface area contributed by atoms with Crippen molar-refractivity contribution in [2.24, 2.45) is 0 Å². The molecule has 0 radical (unpaired) electrons. The van der Waals surface area contributed by atoms with Crippen LogP contribution in [-0.4, -0.2) is 16.1 Å². The molecule has 1 amide bonds. The molecule has 20 heavy (non-hydrogen) atoms. The van der Waals surface area contributed by atoms with Crippen molar-refractivity contribution in [2.75, 3.05) is 11.1 Å². The van der Waals surface area contributed by atoms with Crippen molar-refractivity contribution in [3.05, 3.63) is 24.0 Å². The summed E-state index contributed by atoms with van der Waals surface area (Å²) >= 11 is 1.23. The van der Waals surface area contributed by atoms with E-state index in [1.54, 1.807) is 6.07 Å². The lowest BCUT2D eigenvalue weighted by atomic mass is 10.2. The molecule has 3 N–H and O–H groups in total. The normalized spacial score (nSPS) is 10.5. The van der Waals surface area contributed by atoms with Gasteiger partial charge in [-0.25, -0.2) is 4.39 Å². The highest BCUT2D eigenvalue weighted by atomic mass is 32.1. The first-order valence-electron chi connectivity index (χ1n) is 6.29. The number of nitrogens with two attached hydrogens (primary N) is 1. The minimum absolute atomic E-state index is 0.0613. The largest absolute Gasteiger partial charge is 0.396 e. The molecule has 2 aromatic rings. The number of nitrogens with zero attached hydrogens (tertiary/aromatic N) is 2. The zero-order valence-electron chi connectivity index (χ0n) is 11.0. The van der Waals surface area contributed by atoms with Crippen LogP contribution in [0.2, 0.25) is 0 Å². The second kappa shape index (κ2) is 6.42. The Morgan fingerprint density at radius 1 is 1.45 bits per heavy atom. The maximum atomic E-state index is 13.1. The van der Waals surface area contributed by atoms with E-state index in [4.69, 9.17) is 5.73 Å². The molecule has 0 bridgehead atoms. The topological polar surface area (TPSA) is 80.9 Å². The monoisotopic (exact) mass is 294 g/mol. The van der Waals surface area contributed by atoms with Crippen LogP contribution in [0.5, 0.6) is 0 Å². The third-order valence-electron chi connectivity index (χ3n) is 2.67. The Morgan fingerprint density at radius 2 is 2.25 bits per heavy atom. The van der Waals surface area contributed by atoms with E-state index in [0.717, 1.165) is 12.8 Å². The van der Waals surface area contributed by atoms with Crippen LogP contribution in [0.25, 0.3) is 10.6 Å². The van der Waals surface area contributed by atoms with E-state index >= 15 is 0 Å². The molecule has 7 heteroatoms. The van der Waals surface area contributed by atoms with E-state index < -0.39 is 5.82 Å². The van der Waals surface area contributed by atoms with E-state index in [2.05, 4.69) is 15.5 Å². The molecule has 0 aliphatic rings. The molecular weight excluding hydrogens is 279 g/mol. The summed E-state index contributed by atoms with van der Waals surface area (Å²) in [5.74, 6) is -0.542. The SMILES string of the molecule is CCCCC(=O)Nc1nnc(-c2ccc(F)c(N)c2)s1. The molecule has 5 nitrogen and oxygen atoms in total. The first kappa shape index (κ1) is 14.4. The van der Waals surface area contributed by atoms with E-state index in [-0.39, 0.29) is 11.6 Å². The van der Waals surface area contributed by atoms with Crippen molar-refractivity contribution in [1.82, 2.24) is 10.2 Å². The van der Waals surface area contributed by atoms with Crippen LogP contribution < -0.4 is 11.1 Å². The molecule has 1 heterocycles. The van der Waals surface area contributed by atoms with Gasteiger partial charge in [-0.2, -0.15) is 0 Å². The summed E-state index contributed by atoms with van der Waals surface area (Å²) in [4.78, 5) is 11.6. The Balaban J connectivity index is 2.08. The zero-order valence-corrected chi connectivity index (χ0v) is 11.8. The van der Waals surface area contributed by atoms with Crippen molar-refractivity contribution in [1.29, 1.82) is 0 Å². The van der Waals surface area contributed by atoms with Crippen molar-refractivity contribution in [2.45, 2.75) is 26.2 Å². The van der Waals surface area contributed by atoms with Gasteiger partial charge in [-0.05, 0) is 24.6 Å². The lowest BCUT2D eigenvalue weighted by Gasteiger charge is -1.99. The van der Waals surface area contributed by atoms with Crippen LogP contribution in [0.3, 0.4) is 0 Å². The number of halogens is 1. The fourth-order valence-corrected chi connectivity index (χ4v) is 2.34. The average Bonchev–Trinajstić information content (AvgIpc) is 2.88. The number of carbonyl (C=O) groups is 1. The number of hydrogen-bond donors (Lipinski definition) is 2. The molecule has 0 aliphatic carbocycles. The van der Waals surface area contributed by atoms with Crippen molar-refractivity contribution >= 4 is 28.1 Å². The van der Waals surface area contributed by atoms with Gasteiger partial charge >= 0.3 is 0 Å². The number of benzene rings is 1. The molecule has 1 aromatic heterocycles. The van der Waals surface area contributed by atoms with Gasteiger partial charge in [0, 0.05) is 12.0 Å². The molecule has 0 saturated heterocycles. The second-order valence-electron chi connectivity index (χ2n) is 4.30. The zero-order chi connectivity index (χ0) is 14.5. The molecule has 2 rings (SSSR count). The molecule has 0 fully saturated rings. The first-order valence-corrected chi connectivity index (χ1v) is 7.10. The predicted octanol–water partition coefficient (Wildman–Crippen LogP) is 3.06. The molecule has 0 atom stereocenters. The molecule has 0 spiro atoms. The number of nitrogens with one attached hydrogen (secondary N) is 1. The summed E-state index contributed by atoms with van der Waals surface area (Å²) in [5, 5.41) is 11.6. The van der Waals surface area contributed by atoms with Crippen molar-refractivity contribution in [3.63, 3.8) is 0 Å². The third kappa shape index (κ3) is 3.51. The molecule has 106 valence electrons. The first-order chi connectivity index (χ1) is 9.60. The number of rotatable bonds is 5. The maximum absolute atomic E-state index is 13.1. The molecule has 0 unspecified atom stereocenters. The molecular formula is C13H15FN4OS.